The number of ether oxygens (including phenoxy) is 1. The van der Waals surface area contributed by atoms with E-state index >= 15 is 0 Å². The van der Waals surface area contributed by atoms with Crippen molar-refractivity contribution in [3.8, 4) is 6.07 Å². The summed E-state index contributed by atoms with van der Waals surface area (Å²) in [5, 5.41) is 13.1. The molecule has 0 saturated heterocycles. The third-order valence-electron chi connectivity index (χ3n) is 3.81. The molecule has 21 heavy (non-hydrogen) atoms. The SMILES string of the molecule is N#Cc1c(NCCOCC2CC2)sc(C(=O)C2CC2)c1N. The van der Waals surface area contributed by atoms with Crippen LogP contribution in [0.25, 0.3) is 0 Å². The zero-order chi connectivity index (χ0) is 14.8. The van der Waals surface area contributed by atoms with Gasteiger partial charge in [-0.25, -0.2) is 0 Å². The molecule has 0 unspecified atom stereocenters. The Morgan fingerprint density at radius 3 is 2.81 bits per heavy atom. The first-order valence-electron chi connectivity index (χ1n) is 7.39. The largest absolute Gasteiger partial charge is 0.396 e. The van der Waals surface area contributed by atoms with E-state index in [9.17, 15) is 10.1 Å². The zero-order valence-corrected chi connectivity index (χ0v) is 12.7. The van der Waals surface area contributed by atoms with E-state index < -0.39 is 0 Å². The topological polar surface area (TPSA) is 88.1 Å². The van der Waals surface area contributed by atoms with Gasteiger partial charge >= 0.3 is 0 Å². The number of carbonyl (C=O) groups excluding carboxylic acids is 1. The van der Waals surface area contributed by atoms with Crippen LogP contribution in [0.1, 0.15) is 40.9 Å². The highest BCUT2D eigenvalue weighted by Gasteiger charge is 2.34. The van der Waals surface area contributed by atoms with Crippen molar-refractivity contribution in [2.75, 3.05) is 30.8 Å². The standard InChI is InChI=1S/C15H19N3O2S/c16-7-11-12(17)14(13(19)10-3-4-10)21-15(11)18-5-6-20-8-9-1-2-9/h9-10,18H,1-6,8,17H2. The van der Waals surface area contributed by atoms with E-state index in [1.54, 1.807) is 0 Å². The van der Waals surface area contributed by atoms with E-state index in [-0.39, 0.29) is 11.7 Å². The first-order chi connectivity index (χ1) is 10.2. The first kappa shape index (κ1) is 14.4. The molecule has 112 valence electrons. The molecule has 0 spiro atoms. The Kier molecular flexibility index (Phi) is 4.13. The van der Waals surface area contributed by atoms with Crippen molar-refractivity contribution in [2.45, 2.75) is 25.7 Å². The lowest BCUT2D eigenvalue weighted by atomic mass is 10.1. The fourth-order valence-corrected chi connectivity index (χ4v) is 3.28. The second-order valence-corrected chi connectivity index (χ2v) is 6.77. The van der Waals surface area contributed by atoms with Gasteiger partial charge in [0.2, 0.25) is 0 Å². The average Bonchev–Trinajstić information content (AvgIpc) is 3.36. The van der Waals surface area contributed by atoms with Crippen molar-refractivity contribution >= 4 is 27.8 Å². The van der Waals surface area contributed by atoms with E-state index in [1.165, 1.54) is 24.2 Å². The van der Waals surface area contributed by atoms with E-state index in [2.05, 4.69) is 11.4 Å². The number of nitrogens with one attached hydrogen (secondary N) is 1. The number of nitrogen functional groups attached to an aromatic ring is 1. The molecule has 2 aliphatic rings. The van der Waals surface area contributed by atoms with Gasteiger partial charge in [-0.05, 0) is 31.6 Å². The van der Waals surface area contributed by atoms with Crippen molar-refractivity contribution in [1.29, 1.82) is 5.26 Å². The van der Waals surface area contributed by atoms with Crippen LogP contribution in [-0.4, -0.2) is 25.5 Å². The summed E-state index contributed by atoms with van der Waals surface area (Å²) >= 11 is 1.30. The number of nitriles is 1. The Bertz CT molecular complexity index is 582. The maximum absolute atomic E-state index is 12.1. The Balaban J connectivity index is 1.59. The van der Waals surface area contributed by atoms with Crippen LogP contribution < -0.4 is 11.1 Å². The summed E-state index contributed by atoms with van der Waals surface area (Å²) in [5.74, 6) is 0.957. The predicted molar refractivity (Wildman–Crippen MR) is 82.5 cm³/mol. The maximum atomic E-state index is 12.1. The lowest BCUT2D eigenvalue weighted by molar-refractivity contribution is 0.0972. The van der Waals surface area contributed by atoms with Crippen LogP contribution in [0.3, 0.4) is 0 Å². The first-order valence-corrected chi connectivity index (χ1v) is 8.20. The normalized spacial score (nSPS) is 17.5. The molecule has 0 atom stereocenters. The molecule has 0 aromatic carbocycles. The van der Waals surface area contributed by atoms with Crippen molar-refractivity contribution in [1.82, 2.24) is 0 Å². The Labute approximate surface area is 128 Å². The Hall–Kier alpha value is -1.58. The fraction of sp³-hybridized carbons (Fsp3) is 0.600. The van der Waals surface area contributed by atoms with E-state index in [0.717, 1.165) is 25.4 Å². The predicted octanol–water partition coefficient (Wildman–Crippen LogP) is 2.63. The summed E-state index contributed by atoms with van der Waals surface area (Å²) in [7, 11) is 0. The molecule has 0 bridgehead atoms. The number of nitrogens with two attached hydrogens (primary N) is 1. The van der Waals surface area contributed by atoms with E-state index in [0.29, 0.717) is 34.3 Å². The minimum Gasteiger partial charge on any atom is -0.396 e. The van der Waals surface area contributed by atoms with Crippen LogP contribution >= 0.6 is 11.3 Å². The number of ketones is 1. The number of carbonyl (C=O) groups is 1. The number of thiophene rings is 1. The van der Waals surface area contributed by atoms with E-state index in [1.807, 2.05) is 0 Å². The van der Waals surface area contributed by atoms with Crippen LogP contribution in [0, 0.1) is 23.2 Å². The highest BCUT2D eigenvalue weighted by atomic mass is 32.1. The fourth-order valence-electron chi connectivity index (χ4n) is 2.16. The highest BCUT2D eigenvalue weighted by Crippen LogP contribution is 2.41. The molecule has 0 amide bonds. The lowest BCUT2D eigenvalue weighted by Crippen LogP contribution is -2.10. The number of anilines is 2. The Morgan fingerprint density at radius 1 is 1.43 bits per heavy atom. The molecule has 3 rings (SSSR count). The summed E-state index contributed by atoms with van der Waals surface area (Å²) < 4.78 is 5.55. The second kappa shape index (κ2) is 6.04. The zero-order valence-electron chi connectivity index (χ0n) is 11.9. The van der Waals surface area contributed by atoms with Gasteiger partial charge in [-0.15, -0.1) is 11.3 Å². The molecule has 0 aliphatic heterocycles. The van der Waals surface area contributed by atoms with Crippen molar-refractivity contribution in [3.63, 3.8) is 0 Å². The van der Waals surface area contributed by atoms with Crippen molar-refractivity contribution in [3.05, 3.63) is 10.4 Å². The average molecular weight is 305 g/mol. The molecule has 0 radical (unpaired) electrons. The maximum Gasteiger partial charge on any atom is 0.178 e. The van der Waals surface area contributed by atoms with Crippen LogP contribution in [0.15, 0.2) is 0 Å². The number of nitrogens with zero attached hydrogens (tertiary/aromatic N) is 1. The number of hydrogen-bond donors (Lipinski definition) is 2. The van der Waals surface area contributed by atoms with Crippen LogP contribution in [-0.2, 0) is 4.74 Å². The molecular weight excluding hydrogens is 286 g/mol. The van der Waals surface area contributed by atoms with Gasteiger partial charge in [0.1, 0.15) is 16.6 Å². The molecule has 6 heteroatoms. The highest BCUT2D eigenvalue weighted by molar-refractivity contribution is 7.19. The summed E-state index contributed by atoms with van der Waals surface area (Å²) in [4.78, 5) is 12.7. The summed E-state index contributed by atoms with van der Waals surface area (Å²) in [5.41, 5.74) is 6.68. The minimum atomic E-state index is 0.0898. The van der Waals surface area contributed by atoms with Gasteiger partial charge in [0.25, 0.3) is 0 Å². The third kappa shape index (κ3) is 3.36. The van der Waals surface area contributed by atoms with Gasteiger partial charge < -0.3 is 15.8 Å². The summed E-state index contributed by atoms with van der Waals surface area (Å²) in [6.07, 6.45) is 4.44. The van der Waals surface area contributed by atoms with Gasteiger partial charge in [0.05, 0.1) is 17.2 Å². The smallest absolute Gasteiger partial charge is 0.178 e. The molecule has 2 fully saturated rings. The van der Waals surface area contributed by atoms with Gasteiger partial charge in [-0.1, -0.05) is 0 Å². The molecule has 1 heterocycles. The molecule has 1 aromatic rings. The molecule has 3 N–H and O–H groups in total. The van der Waals surface area contributed by atoms with Gasteiger partial charge in [-0.3, -0.25) is 4.79 Å². The quantitative estimate of drug-likeness (QED) is 0.569. The lowest BCUT2D eigenvalue weighted by Gasteiger charge is -2.05. The monoisotopic (exact) mass is 305 g/mol. The molecular formula is C15H19N3O2S. The number of rotatable bonds is 8. The van der Waals surface area contributed by atoms with Crippen molar-refractivity contribution < 1.29 is 9.53 Å². The van der Waals surface area contributed by atoms with Crippen LogP contribution in [0.4, 0.5) is 10.7 Å². The second-order valence-electron chi connectivity index (χ2n) is 5.74. The van der Waals surface area contributed by atoms with Crippen LogP contribution in [0.2, 0.25) is 0 Å². The molecule has 2 saturated carbocycles. The summed E-state index contributed by atoms with van der Waals surface area (Å²) in [6, 6.07) is 2.10. The number of Topliss-reactive ketones (excluding diaryl/α,β-unsaturated/α-hetero) is 1. The van der Waals surface area contributed by atoms with Gasteiger partial charge in [0, 0.05) is 19.1 Å². The van der Waals surface area contributed by atoms with Crippen LogP contribution in [0.5, 0.6) is 0 Å². The third-order valence-corrected chi connectivity index (χ3v) is 4.99. The molecule has 2 aliphatic carbocycles. The summed E-state index contributed by atoms with van der Waals surface area (Å²) in [6.45, 7) is 2.05. The molecule has 1 aromatic heterocycles. The minimum absolute atomic E-state index is 0.0898. The Morgan fingerprint density at radius 2 is 2.19 bits per heavy atom. The van der Waals surface area contributed by atoms with Gasteiger partial charge in [-0.2, -0.15) is 5.26 Å². The van der Waals surface area contributed by atoms with E-state index in [4.69, 9.17) is 10.5 Å². The number of hydrogen-bond acceptors (Lipinski definition) is 6. The molecule has 5 nitrogen and oxygen atoms in total. The van der Waals surface area contributed by atoms with Crippen molar-refractivity contribution in [2.24, 2.45) is 11.8 Å². The van der Waals surface area contributed by atoms with Gasteiger partial charge in [0.15, 0.2) is 5.78 Å².